The van der Waals surface area contributed by atoms with Crippen LogP contribution in [0, 0.1) is 18.3 Å². The molecule has 0 aliphatic heterocycles. The Kier molecular flexibility index (Phi) is 4.54. The summed E-state index contributed by atoms with van der Waals surface area (Å²) in [5.74, 6) is 0. The highest BCUT2D eigenvalue weighted by atomic mass is 35.5. The summed E-state index contributed by atoms with van der Waals surface area (Å²) in [5.41, 5.74) is 2.69. The van der Waals surface area contributed by atoms with Gasteiger partial charge in [-0.05, 0) is 31.7 Å². The minimum absolute atomic E-state index is 0.589. The van der Waals surface area contributed by atoms with E-state index in [2.05, 4.69) is 21.3 Å². The Morgan fingerprint density at radius 3 is 2.79 bits per heavy atom. The molecule has 5 heteroatoms. The standard InChI is InChI=1S/C14H14ClN3S/c1-10-17-13(9-19-10)8-18(2)7-12-4-3-11(6-16)5-14(12)15/h3-5,9H,7-8H2,1-2H3. The van der Waals surface area contributed by atoms with Gasteiger partial charge in [-0.2, -0.15) is 5.26 Å². The summed E-state index contributed by atoms with van der Waals surface area (Å²) in [6.07, 6.45) is 0. The Morgan fingerprint density at radius 2 is 2.21 bits per heavy atom. The first kappa shape index (κ1) is 14.0. The van der Waals surface area contributed by atoms with Gasteiger partial charge >= 0.3 is 0 Å². The van der Waals surface area contributed by atoms with Crippen LogP contribution in [0.15, 0.2) is 23.6 Å². The van der Waals surface area contributed by atoms with E-state index in [1.807, 2.05) is 20.0 Å². The van der Waals surface area contributed by atoms with E-state index >= 15 is 0 Å². The number of halogens is 1. The van der Waals surface area contributed by atoms with Gasteiger partial charge in [0.05, 0.1) is 22.3 Å². The molecule has 0 bridgehead atoms. The van der Waals surface area contributed by atoms with Crippen molar-refractivity contribution in [3.05, 3.63) is 50.4 Å². The van der Waals surface area contributed by atoms with E-state index in [9.17, 15) is 0 Å². The number of benzene rings is 1. The molecule has 0 saturated carbocycles. The number of thiazole rings is 1. The molecule has 19 heavy (non-hydrogen) atoms. The van der Waals surface area contributed by atoms with Crippen LogP contribution in [0.1, 0.15) is 21.8 Å². The van der Waals surface area contributed by atoms with Gasteiger partial charge in [0.15, 0.2) is 0 Å². The molecule has 98 valence electrons. The molecule has 1 heterocycles. The molecular formula is C14H14ClN3S. The third-order valence-corrected chi connectivity index (χ3v) is 3.90. The zero-order valence-corrected chi connectivity index (χ0v) is 12.4. The zero-order valence-electron chi connectivity index (χ0n) is 10.9. The van der Waals surface area contributed by atoms with E-state index in [1.54, 1.807) is 23.5 Å². The maximum Gasteiger partial charge on any atom is 0.0992 e. The van der Waals surface area contributed by atoms with E-state index in [0.29, 0.717) is 10.6 Å². The number of hydrogen-bond acceptors (Lipinski definition) is 4. The van der Waals surface area contributed by atoms with Crippen molar-refractivity contribution in [2.24, 2.45) is 0 Å². The highest BCUT2D eigenvalue weighted by Crippen LogP contribution is 2.20. The van der Waals surface area contributed by atoms with E-state index in [1.165, 1.54) is 0 Å². The third kappa shape index (κ3) is 3.77. The molecule has 1 aromatic heterocycles. The Labute approximate surface area is 122 Å². The molecule has 0 radical (unpaired) electrons. The number of rotatable bonds is 4. The lowest BCUT2D eigenvalue weighted by Crippen LogP contribution is -2.17. The molecule has 2 aromatic rings. The van der Waals surface area contributed by atoms with Gasteiger partial charge in [-0.15, -0.1) is 11.3 Å². The van der Waals surface area contributed by atoms with Crippen molar-refractivity contribution in [3.8, 4) is 6.07 Å². The van der Waals surface area contributed by atoms with Crippen molar-refractivity contribution >= 4 is 22.9 Å². The van der Waals surface area contributed by atoms with E-state index < -0.39 is 0 Å². The van der Waals surface area contributed by atoms with Crippen LogP contribution in [0.25, 0.3) is 0 Å². The van der Waals surface area contributed by atoms with Crippen molar-refractivity contribution in [3.63, 3.8) is 0 Å². The SMILES string of the molecule is Cc1nc(CN(C)Cc2ccc(C#N)cc2Cl)cs1. The number of aromatic nitrogens is 1. The molecule has 0 saturated heterocycles. The summed E-state index contributed by atoms with van der Waals surface area (Å²) < 4.78 is 0. The van der Waals surface area contributed by atoms with Crippen LogP contribution < -0.4 is 0 Å². The largest absolute Gasteiger partial charge is 0.296 e. The number of nitriles is 1. The lowest BCUT2D eigenvalue weighted by atomic mass is 10.1. The van der Waals surface area contributed by atoms with Crippen molar-refractivity contribution in [2.45, 2.75) is 20.0 Å². The van der Waals surface area contributed by atoms with Crippen LogP contribution in [0.3, 0.4) is 0 Å². The van der Waals surface area contributed by atoms with Gasteiger partial charge in [-0.3, -0.25) is 4.90 Å². The summed E-state index contributed by atoms with van der Waals surface area (Å²) in [4.78, 5) is 6.60. The highest BCUT2D eigenvalue weighted by molar-refractivity contribution is 7.09. The fraction of sp³-hybridized carbons (Fsp3) is 0.286. The molecule has 2 rings (SSSR count). The zero-order chi connectivity index (χ0) is 13.8. The Bertz CT molecular complexity index is 615. The van der Waals surface area contributed by atoms with E-state index in [-0.39, 0.29) is 0 Å². The maximum absolute atomic E-state index is 8.81. The van der Waals surface area contributed by atoms with Gasteiger partial charge in [0, 0.05) is 23.5 Å². The molecule has 1 aromatic carbocycles. The van der Waals surface area contributed by atoms with Crippen LogP contribution in [-0.2, 0) is 13.1 Å². The summed E-state index contributed by atoms with van der Waals surface area (Å²) in [7, 11) is 2.03. The fourth-order valence-electron chi connectivity index (χ4n) is 1.85. The molecule has 0 spiro atoms. The lowest BCUT2D eigenvalue weighted by Gasteiger charge is -2.16. The van der Waals surface area contributed by atoms with Gasteiger partial charge in [-0.1, -0.05) is 17.7 Å². The minimum Gasteiger partial charge on any atom is -0.296 e. The molecule has 0 fully saturated rings. The second-order valence-corrected chi connectivity index (χ2v) is 5.92. The molecule has 0 aliphatic carbocycles. The molecule has 0 amide bonds. The lowest BCUT2D eigenvalue weighted by molar-refractivity contribution is 0.315. The van der Waals surface area contributed by atoms with Crippen LogP contribution in [-0.4, -0.2) is 16.9 Å². The average molecular weight is 292 g/mol. The Balaban J connectivity index is 2.03. The molecule has 0 N–H and O–H groups in total. The van der Waals surface area contributed by atoms with Gasteiger partial charge < -0.3 is 0 Å². The van der Waals surface area contributed by atoms with Crippen molar-refractivity contribution < 1.29 is 0 Å². The van der Waals surface area contributed by atoms with Crippen molar-refractivity contribution in [1.29, 1.82) is 5.26 Å². The highest BCUT2D eigenvalue weighted by Gasteiger charge is 2.07. The Morgan fingerprint density at radius 1 is 1.42 bits per heavy atom. The van der Waals surface area contributed by atoms with Crippen molar-refractivity contribution in [2.75, 3.05) is 7.05 Å². The van der Waals surface area contributed by atoms with Gasteiger partial charge in [0.2, 0.25) is 0 Å². The summed E-state index contributed by atoms with van der Waals surface area (Å²) in [5, 5.41) is 12.6. The number of nitrogens with zero attached hydrogens (tertiary/aromatic N) is 3. The topological polar surface area (TPSA) is 39.9 Å². The van der Waals surface area contributed by atoms with Crippen molar-refractivity contribution in [1.82, 2.24) is 9.88 Å². The second-order valence-electron chi connectivity index (χ2n) is 4.45. The number of aryl methyl sites for hydroxylation is 1. The second kappa shape index (κ2) is 6.16. The third-order valence-electron chi connectivity index (χ3n) is 2.72. The molecule has 3 nitrogen and oxygen atoms in total. The number of hydrogen-bond donors (Lipinski definition) is 0. The first-order valence-corrected chi connectivity index (χ1v) is 7.12. The first-order valence-electron chi connectivity index (χ1n) is 5.86. The van der Waals surface area contributed by atoms with Crippen LogP contribution >= 0.6 is 22.9 Å². The molecule has 0 aliphatic rings. The van der Waals surface area contributed by atoms with Crippen LogP contribution in [0.2, 0.25) is 5.02 Å². The van der Waals surface area contributed by atoms with E-state index in [4.69, 9.17) is 16.9 Å². The Hall–Kier alpha value is -1.41. The predicted octanol–water partition coefficient (Wildman–Crippen LogP) is 3.61. The van der Waals surface area contributed by atoms with Crippen LogP contribution in [0.4, 0.5) is 0 Å². The van der Waals surface area contributed by atoms with Crippen LogP contribution in [0.5, 0.6) is 0 Å². The maximum atomic E-state index is 8.81. The predicted molar refractivity (Wildman–Crippen MR) is 78.2 cm³/mol. The molecule has 0 atom stereocenters. The van der Waals surface area contributed by atoms with Gasteiger partial charge in [0.25, 0.3) is 0 Å². The monoisotopic (exact) mass is 291 g/mol. The average Bonchev–Trinajstić information content (AvgIpc) is 2.77. The normalized spacial score (nSPS) is 10.7. The summed E-state index contributed by atoms with van der Waals surface area (Å²) >= 11 is 7.83. The summed E-state index contributed by atoms with van der Waals surface area (Å²) in [6.45, 7) is 3.54. The minimum atomic E-state index is 0.589. The summed E-state index contributed by atoms with van der Waals surface area (Å²) in [6, 6.07) is 7.49. The molecule has 0 unspecified atom stereocenters. The smallest absolute Gasteiger partial charge is 0.0992 e. The van der Waals surface area contributed by atoms with Gasteiger partial charge in [-0.25, -0.2) is 4.98 Å². The van der Waals surface area contributed by atoms with E-state index in [0.717, 1.165) is 29.4 Å². The van der Waals surface area contributed by atoms with Gasteiger partial charge in [0.1, 0.15) is 0 Å². The first-order chi connectivity index (χ1) is 9.08. The fourth-order valence-corrected chi connectivity index (χ4v) is 2.69. The quantitative estimate of drug-likeness (QED) is 0.864. The molecular weight excluding hydrogens is 278 g/mol.